The highest BCUT2D eigenvalue weighted by atomic mass is 16.4. The van der Waals surface area contributed by atoms with Crippen LogP contribution in [0.3, 0.4) is 0 Å². The van der Waals surface area contributed by atoms with Crippen LogP contribution in [0.1, 0.15) is 24.0 Å². The van der Waals surface area contributed by atoms with Crippen molar-refractivity contribution in [2.24, 2.45) is 0 Å². The molecular weight excluding hydrogens is 378 g/mol. The number of benzene rings is 2. The largest absolute Gasteiger partial charge is 0.438 e. The lowest BCUT2D eigenvalue weighted by Gasteiger charge is -2.37. The molecule has 30 heavy (non-hydrogen) atoms. The van der Waals surface area contributed by atoms with Crippen molar-refractivity contribution in [1.29, 1.82) is 0 Å². The van der Waals surface area contributed by atoms with Gasteiger partial charge < -0.3 is 14.3 Å². The van der Waals surface area contributed by atoms with E-state index in [4.69, 9.17) is 4.42 Å². The molecule has 5 rings (SSSR count). The second-order valence-corrected chi connectivity index (χ2v) is 8.27. The number of piperazine rings is 1. The summed E-state index contributed by atoms with van der Waals surface area (Å²) >= 11 is 0. The second-order valence-electron chi connectivity index (χ2n) is 8.27. The molecule has 1 amide bonds. The summed E-state index contributed by atoms with van der Waals surface area (Å²) in [5.41, 5.74) is 2.86. The van der Waals surface area contributed by atoms with Gasteiger partial charge in [-0.2, -0.15) is 4.68 Å². The molecule has 0 spiro atoms. The summed E-state index contributed by atoms with van der Waals surface area (Å²) in [5, 5.41) is 1.95. The van der Waals surface area contributed by atoms with E-state index in [0.717, 1.165) is 24.0 Å². The Hall–Kier alpha value is -3.28. The zero-order valence-corrected chi connectivity index (χ0v) is 17.1. The first-order chi connectivity index (χ1) is 14.6. The fraction of sp³-hybridized carbons (Fsp3) is 0.333. The van der Waals surface area contributed by atoms with Gasteiger partial charge in [0.1, 0.15) is 0 Å². The Balaban J connectivity index is 1.28. The SMILES string of the molecule is Cc1ccc(C2(C(=O)N3CCN(n4cc(-c5ccccc5)oc4=O)CC3)CC2)cc1. The molecule has 0 unspecified atom stereocenters. The van der Waals surface area contributed by atoms with Gasteiger partial charge in [-0.1, -0.05) is 60.2 Å². The molecule has 0 bridgehead atoms. The maximum absolute atomic E-state index is 13.3. The van der Waals surface area contributed by atoms with Gasteiger partial charge in [0.15, 0.2) is 5.76 Å². The third-order valence-electron chi connectivity index (χ3n) is 6.29. The average Bonchev–Trinajstić information content (AvgIpc) is 3.50. The van der Waals surface area contributed by atoms with Crippen molar-refractivity contribution in [1.82, 2.24) is 9.58 Å². The lowest BCUT2D eigenvalue weighted by molar-refractivity contribution is -0.134. The third kappa shape index (κ3) is 3.22. The van der Waals surface area contributed by atoms with Crippen LogP contribution in [0.5, 0.6) is 0 Å². The number of carbonyl (C=O) groups is 1. The predicted molar refractivity (Wildman–Crippen MR) is 115 cm³/mol. The van der Waals surface area contributed by atoms with Crippen LogP contribution in [0.15, 0.2) is 70.0 Å². The van der Waals surface area contributed by atoms with E-state index in [2.05, 4.69) is 31.2 Å². The van der Waals surface area contributed by atoms with Crippen LogP contribution >= 0.6 is 0 Å². The number of hydrogen-bond acceptors (Lipinski definition) is 4. The van der Waals surface area contributed by atoms with Gasteiger partial charge in [0, 0.05) is 18.7 Å². The van der Waals surface area contributed by atoms with Crippen molar-refractivity contribution in [2.75, 3.05) is 31.2 Å². The molecule has 1 saturated carbocycles. The van der Waals surface area contributed by atoms with Crippen LogP contribution in [-0.4, -0.2) is 41.7 Å². The number of aromatic nitrogens is 1. The Bertz CT molecular complexity index is 1100. The summed E-state index contributed by atoms with van der Waals surface area (Å²) in [6, 6.07) is 17.9. The van der Waals surface area contributed by atoms with Crippen LogP contribution in [-0.2, 0) is 10.2 Å². The van der Waals surface area contributed by atoms with E-state index < -0.39 is 5.76 Å². The van der Waals surface area contributed by atoms with Crippen molar-refractivity contribution in [3.63, 3.8) is 0 Å². The average molecular weight is 403 g/mol. The van der Waals surface area contributed by atoms with Crippen LogP contribution in [0, 0.1) is 6.92 Å². The van der Waals surface area contributed by atoms with E-state index in [-0.39, 0.29) is 11.3 Å². The lowest BCUT2D eigenvalue weighted by Crippen LogP contribution is -2.56. The molecule has 2 fully saturated rings. The molecular formula is C24H25N3O3. The first kappa shape index (κ1) is 18.7. The number of hydrogen-bond donors (Lipinski definition) is 0. The normalized spacial score (nSPS) is 17.8. The van der Waals surface area contributed by atoms with E-state index in [1.165, 1.54) is 10.2 Å². The van der Waals surface area contributed by atoms with Gasteiger partial charge in [-0.25, -0.2) is 4.79 Å². The maximum Gasteiger partial charge on any atom is 0.438 e. The Kier molecular flexibility index (Phi) is 4.50. The fourth-order valence-corrected chi connectivity index (χ4v) is 4.30. The first-order valence-electron chi connectivity index (χ1n) is 10.5. The highest BCUT2D eigenvalue weighted by Gasteiger charge is 2.53. The molecule has 0 radical (unpaired) electrons. The number of nitrogens with zero attached hydrogens (tertiary/aromatic N) is 3. The Morgan fingerprint density at radius 2 is 1.60 bits per heavy atom. The molecule has 3 aromatic rings. The maximum atomic E-state index is 13.3. The minimum absolute atomic E-state index is 0.218. The highest BCUT2D eigenvalue weighted by molar-refractivity contribution is 5.91. The zero-order chi connectivity index (χ0) is 20.7. The minimum Gasteiger partial charge on any atom is -0.406 e. The lowest BCUT2D eigenvalue weighted by atomic mass is 9.93. The number of rotatable bonds is 4. The molecule has 0 atom stereocenters. The highest BCUT2D eigenvalue weighted by Crippen LogP contribution is 2.49. The van der Waals surface area contributed by atoms with Crippen LogP contribution in [0.2, 0.25) is 0 Å². The predicted octanol–water partition coefficient (Wildman–Crippen LogP) is 2.93. The summed E-state index contributed by atoms with van der Waals surface area (Å²) in [5.74, 6) is 0.373. The van der Waals surface area contributed by atoms with Crippen molar-refractivity contribution in [2.45, 2.75) is 25.2 Å². The van der Waals surface area contributed by atoms with E-state index in [1.807, 2.05) is 40.2 Å². The van der Waals surface area contributed by atoms with Crippen LogP contribution in [0.4, 0.5) is 0 Å². The summed E-state index contributed by atoms with van der Waals surface area (Å²) in [4.78, 5) is 27.6. The van der Waals surface area contributed by atoms with Gasteiger partial charge in [-0.05, 0) is 25.3 Å². The molecule has 1 aliphatic heterocycles. The van der Waals surface area contributed by atoms with E-state index >= 15 is 0 Å². The van der Waals surface area contributed by atoms with Crippen molar-refractivity contribution in [3.8, 4) is 11.3 Å². The van der Waals surface area contributed by atoms with Gasteiger partial charge in [-0.15, -0.1) is 0 Å². The van der Waals surface area contributed by atoms with Gasteiger partial charge in [-0.3, -0.25) is 4.79 Å². The van der Waals surface area contributed by atoms with Crippen molar-refractivity contribution < 1.29 is 9.21 Å². The Labute approximate surface area is 175 Å². The quantitative estimate of drug-likeness (QED) is 0.672. The molecule has 6 nitrogen and oxygen atoms in total. The van der Waals surface area contributed by atoms with Crippen LogP contribution in [0.25, 0.3) is 11.3 Å². The van der Waals surface area contributed by atoms with Gasteiger partial charge in [0.05, 0.1) is 24.7 Å². The molecule has 2 aromatic carbocycles. The molecule has 1 saturated heterocycles. The fourth-order valence-electron chi connectivity index (χ4n) is 4.30. The van der Waals surface area contributed by atoms with Gasteiger partial charge in [0.2, 0.25) is 5.91 Å². The second kappa shape index (κ2) is 7.20. The zero-order valence-electron chi connectivity index (χ0n) is 17.1. The molecule has 2 heterocycles. The Morgan fingerprint density at radius 3 is 2.23 bits per heavy atom. The smallest absolute Gasteiger partial charge is 0.406 e. The molecule has 1 aromatic heterocycles. The third-order valence-corrected chi connectivity index (χ3v) is 6.29. The number of aryl methyl sites for hydroxylation is 1. The summed E-state index contributed by atoms with van der Waals surface area (Å²) < 4.78 is 6.98. The van der Waals surface area contributed by atoms with Crippen molar-refractivity contribution >= 4 is 5.91 Å². The Morgan fingerprint density at radius 1 is 0.933 bits per heavy atom. The molecule has 6 heteroatoms. The standard InChI is InChI=1S/C24H25N3O3/c1-18-7-9-20(10-8-18)24(11-12-24)22(28)25-13-15-26(16-14-25)27-17-21(30-23(27)29)19-5-3-2-4-6-19/h2-10,17H,11-16H2,1H3. The topological polar surface area (TPSA) is 58.7 Å². The molecule has 154 valence electrons. The van der Waals surface area contributed by atoms with Gasteiger partial charge >= 0.3 is 5.76 Å². The van der Waals surface area contributed by atoms with Gasteiger partial charge in [0.25, 0.3) is 0 Å². The van der Waals surface area contributed by atoms with E-state index in [0.29, 0.717) is 31.9 Å². The molecule has 2 aliphatic rings. The summed E-state index contributed by atoms with van der Waals surface area (Å²) in [6.45, 7) is 4.47. The molecule has 0 N–H and O–H groups in total. The number of carbonyl (C=O) groups excluding carboxylic acids is 1. The monoisotopic (exact) mass is 403 g/mol. The minimum atomic E-state index is -0.396. The summed E-state index contributed by atoms with van der Waals surface area (Å²) in [6.07, 6.45) is 3.57. The summed E-state index contributed by atoms with van der Waals surface area (Å²) in [7, 11) is 0. The molecule has 1 aliphatic carbocycles. The van der Waals surface area contributed by atoms with Crippen LogP contribution < -0.4 is 10.8 Å². The first-order valence-corrected chi connectivity index (χ1v) is 10.5. The van der Waals surface area contributed by atoms with Crippen molar-refractivity contribution in [3.05, 3.63) is 82.5 Å². The number of amides is 1. The van der Waals surface area contributed by atoms with E-state index in [1.54, 1.807) is 6.20 Å². The number of oxazole rings is 1. The van der Waals surface area contributed by atoms with E-state index in [9.17, 15) is 9.59 Å².